The molecule has 16 heteroatoms. The molecule has 0 unspecified atom stereocenters. The maximum atomic E-state index is 13.9. The van der Waals surface area contributed by atoms with Crippen molar-refractivity contribution < 1.29 is 51.0 Å². The van der Waals surface area contributed by atoms with E-state index >= 15 is 0 Å². The number of nitrogens with zero attached hydrogens (tertiary/aromatic N) is 2. The van der Waals surface area contributed by atoms with E-state index < -0.39 is 52.1 Å². The van der Waals surface area contributed by atoms with Crippen molar-refractivity contribution in [3.8, 4) is 34.7 Å². The Balaban J connectivity index is 0.897. The largest absolute Gasteiger partial charge is 0.494 e. The molecule has 2 aliphatic rings. The van der Waals surface area contributed by atoms with Crippen molar-refractivity contribution in [2.24, 2.45) is 16.2 Å². The predicted octanol–water partition coefficient (Wildman–Crippen LogP) is 9.06. The number of benzene rings is 3. The fourth-order valence-electron chi connectivity index (χ4n) is 9.62. The number of carbonyl (C=O) groups is 4. The summed E-state index contributed by atoms with van der Waals surface area (Å²) >= 11 is 0. The Morgan fingerprint density at radius 2 is 1.60 bits per heavy atom. The van der Waals surface area contributed by atoms with Crippen molar-refractivity contribution in [2.75, 3.05) is 26.4 Å². The first-order chi connectivity index (χ1) is 33.0. The Bertz CT molecular complexity index is 2520. The van der Waals surface area contributed by atoms with Crippen molar-refractivity contribution in [1.29, 1.82) is 0 Å². The van der Waals surface area contributed by atoms with E-state index in [2.05, 4.69) is 32.8 Å². The molecule has 1 saturated carbocycles. The highest BCUT2D eigenvalue weighted by Gasteiger charge is 2.64. The van der Waals surface area contributed by atoms with Gasteiger partial charge >= 0.3 is 6.18 Å². The van der Waals surface area contributed by atoms with Crippen LogP contribution in [0.3, 0.4) is 0 Å². The molecule has 3 N–H and O–H groups in total. The number of hydrogen-bond acceptors (Lipinski definition) is 9. The van der Waals surface area contributed by atoms with Crippen LogP contribution in [0.1, 0.15) is 120 Å². The molecule has 0 bridgehead atoms. The van der Waals surface area contributed by atoms with Gasteiger partial charge in [0.2, 0.25) is 17.7 Å². The number of ether oxygens (including phenoxy) is 3. The summed E-state index contributed by atoms with van der Waals surface area (Å²) in [6.07, 6.45) is -0.838. The van der Waals surface area contributed by atoms with E-state index in [-0.39, 0.29) is 48.3 Å². The third-order valence-electron chi connectivity index (χ3n) is 13.1. The van der Waals surface area contributed by atoms with Crippen molar-refractivity contribution in [1.82, 2.24) is 25.8 Å². The zero-order chi connectivity index (χ0) is 51.0. The van der Waals surface area contributed by atoms with E-state index in [1.54, 1.807) is 36.1 Å². The van der Waals surface area contributed by atoms with Crippen LogP contribution in [0.15, 0.2) is 77.5 Å². The van der Waals surface area contributed by atoms with Gasteiger partial charge in [-0.05, 0) is 86.1 Å². The predicted molar refractivity (Wildman–Crippen MR) is 258 cm³/mol. The molecule has 1 saturated heterocycles. The molecule has 1 aliphatic heterocycles. The fourth-order valence-corrected chi connectivity index (χ4v) is 9.62. The van der Waals surface area contributed by atoms with E-state index in [0.717, 1.165) is 22.9 Å². The monoisotopic (exact) mass is 969 g/mol. The van der Waals surface area contributed by atoms with Gasteiger partial charge in [0.05, 0.1) is 17.9 Å². The highest BCUT2D eigenvalue weighted by Crippen LogP contribution is 2.56. The highest BCUT2D eigenvalue weighted by atomic mass is 19.4. The number of rotatable bonds is 18. The third kappa shape index (κ3) is 12.7. The molecule has 3 aromatic carbocycles. The molecule has 4 amide bonds. The van der Waals surface area contributed by atoms with Gasteiger partial charge in [0.15, 0.2) is 12.2 Å². The number of oxazole rings is 1. The lowest BCUT2D eigenvalue weighted by atomic mass is 9.49. The van der Waals surface area contributed by atoms with Gasteiger partial charge in [-0.3, -0.25) is 19.2 Å². The van der Waals surface area contributed by atoms with Crippen LogP contribution >= 0.6 is 0 Å². The molecule has 1 aliphatic carbocycles. The van der Waals surface area contributed by atoms with Crippen LogP contribution in [0.5, 0.6) is 11.5 Å². The zero-order valence-electron chi connectivity index (χ0n) is 41.6. The molecule has 376 valence electrons. The minimum Gasteiger partial charge on any atom is -0.494 e. The number of halogens is 3. The Labute approximate surface area is 409 Å². The topological polar surface area (TPSA) is 161 Å². The second-order valence-corrected chi connectivity index (χ2v) is 20.3. The molecule has 0 spiro atoms. The van der Waals surface area contributed by atoms with E-state index in [4.69, 9.17) is 18.6 Å². The van der Waals surface area contributed by atoms with E-state index in [9.17, 15) is 32.3 Å². The Kier molecular flexibility index (Phi) is 16.8. The quantitative estimate of drug-likeness (QED) is 0.0653. The molecule has 0 radical (unpaired) electrons. The summed E-state index contributed by atoms with van der Waals surface area (Å²) in [7, 11) is 0. The first-order valence-corrected chi connectivity index (χ1v) is 23.9. The van der Waals surface area contributed by atoms with E-state index in [1.807, 2.05) is 79.7 Å². The van der Waals surface area contributed by atoms with Crippen molar-refractivity contribution in [3.05, 3.63) is 101 Å². The van der Waals surface area contributed by atoms with E-state index in [0.29, 0.717) is 68.9 Å². The smallest absolute Gasteiger partial charge is 0.417 e. The number of alkyl halides is 3. The highest BCUT2D eigenvalue weighted by molar-refractivity contribution is 5.95. The van der Waals surface area contributed by atoms with Gasteiger partial charge in [-0.2, -0.15) is 13.2 Å². The summed E-state index contributed by atoms with van der Waals surface area (Å²) in [5.41, 5.74) is 0.174. The van der Waals surface area contributed by atoms with Gasteiger partial charge in [0, 0.05) is 59.7 Å². The fraction of sp³-hybridized carbons (Fsp3) is 0.500. The molecular weight excluding hydrogens is 904 g/mol. The number of nitrogens with one attached hydrogen (secondary N) is 3. The first kappa shape index (κ1) is 53.0. The van der Waals surface area contributed by atoms with E-state index in [1.165, 1.54) is 18.5 Å². The lowest BCUT2D eigenvalue weighted by molar-refractivity contribution is -0.164. The van der Waals surface area contributed by atoms with Gasteiger partial charge in [0.25, 0.3) is 5.91 Å². The normalized spacial score (nSPS) is 18.7. The summed E-state index contributed by atoms with van der Waals surface area (Å²) in [4.78, 5) is 59.5. The van der Waals surface area contributed by atoms with Gasteiger partial charge < -0.3 is 39.5 Å². The van der Waals surface area contributed by atoms with Crippen LogP contribution < -0.4 is 25.4 Å². The molecule has 13 nitrogen and oxygen atoms in total. The molecule has 2 atom stereocenters. The Hall–Kier alpha value is -6.34. The van der Waals surface area contributed by atoms with Crippen LogP contribution in [0.2, 0.25) is 0 Å². The van der Waals surface area contributed by atoms with Gasteiger partial charge in [-0.15, -0.1) is 0 Å². The zero-order valence-corrected chi connectivity index (χ0v) is 41.6. The SMILES string of the molecule is CCC#Cc1ccc(OC2C(C)(C)C(NC(=O)c3ccc(OCCCCOCC(=O)N[C@H](C(=O)N4CCC[C@H]4C(=O)NCc4ccc(-c5ocnc5C)cc4)C(C)(C)C)cc3)C2(C)C)cc1C(F)(F)F. The molecule has 70 heavy (non-hydrogen) atoms. The minimum atomic E-state index is -4.60. The lowest BCUT2D eigenvalue weighted by Crippen LogP contribution is -2.74. The summed E-state index contributed by atoms with van der Waals surface area (Å²) in [6.45, 7) is 18.0. The summed E-state index contributed by atoms with van der Waals surface area (Å²) in [5.74, 6) is 5.35. The van der Waals surface area contributed by atoms with Crippen molar-refractivity contribution >= 4 is 23.6 Å². The van der Waals surface area contributed by atoms with Crippen LogP contribution in [0, 0.1) is 35.0 Å². The lowest BCUT2D eigenvalue weighted by Gasteiger charge is -2.63. The van der Waals surface area contributed by atoms with Gasteiger partial charge in [0.1, 0.15) is 36.3 Å². The number of unbranched alkanes of at least 4 members (excludes halogenated alkanes) is 1. The van der Waals surface area contributed by atoms with Crippen LogP contribution in [0.4, 0.5) is 13.2 Å². The molecule has 2 fully saturated rings. The first-order valence-electron chi connectivity index (χ1n) is 23.9. The number of aromatic nitrogens is 1. The van der Waals surface area contributed by atoms with Gasteiger partial charge in [-0.1, -0.05) is 91.5 Å². The summed E-state index contributed by atoms with van der Waals surface area (Å²) < 4.78 is 64.9. The molecule has 2 heterocycles. The number of amides is 4. The summed E-state index contributed by atoms with van der Waals surface area (Å²) in [5, 5.41) is 8.95. The Morgan fingerprint density at radius 3 is 2.23 bits per heavy atom. The number of hydrogen-bond donors (Lipinski definition) is 3. The second-order valence-electron chi connectivity index (χ2n) is 20.3. The van der Waals surface area contributed by atoms with Crippen LogP contribution in [0.25, 0.3) is 11.3 Å². The van der Waals surface area contributed by atoms with Crippen LogP contribution in [-0.4, -0.2) is 84.1 Å². The molecule has 6 rings (SSSR count). The third-order valence-corrected chi connectivity index (χ3v) is 13.1. The minimum absolute atomic E-state index is 0.0860. The van der Waals surface area contributed by atoms with Crippen molar-refractivity contribution in [2.45, 2.75) is 131 Å². The number of likely N-dealkylation sites (tertiary alicyclic amines) is 1. The molecule has 1 aromatic heterocycles. The second kappa shape index (κ2) is 22.2. The standard InChI is InChI=1S/C54H66F3N5O8/c1-10-11-15-36-21-26-40(30-41(36)54(55,56)57)70-50-52(6,7)49(53(50,8)9)61-46(64)38-22-24-39(25-23-38)68-29-13-12-28-67-32-43(63)60-45(51(3,4)5)48(66)62-27-14-16-42(62)47(65)58-31-35-17-19-37(20-18-35)44-34(2)59-33-69-44/h17-26,30,33,42,45,49-50H,10,12-14,16,27-29,31-32H2,1-9H3,(H,58,65)(H,60,63)(H,61,64)/t42-,45+,49?,50?/m0/s1. The van der Waals surface area contributed by atoms with Crippen molar-refractivity contribution in [3.63, 3.8) is 0 Å². The average molecular weight is 970 g/mol. The number of carbonyl (C=O) groups excluding carboxylic acids is 4. The molecule has 4 aromatic rings. The maximum Gasteiger partial charge on any atom is 0.417 e. The number of aryl methyl sites for hydroxylation is 1. The summed E-state index contributed by atoms with van der Waals surface area (Å²) in [6, 6.07) is 16.3. The average Bonchev–Trinajstić information content (AvgIpc) is 3.99. The van der Waals surface area contributed by atoms with Gasteiger partial charge in [-0.25, -0.2) is 4.98 Å². The van der Waals surface area contributed by atoms with Crippen LogP contribution in [-0.2, 0) is 31.8 Å². The molecular formula is C54H66F3N5O8. The maximum absolute atomic E-state index is 13.9. The Morgan fingerprint density at radius 1 is 0.929 bits per heavy atom.